The van der Waals surface area contributed by atoms with Crippen molar-refractivity contribution in [2.75, 3.05) is 6.61 Å². The summed E-state index contributed by atoms with van der Waals surface area (Å²) >= 11 is 0. The highest BCUT2D eigenvalue weighted by Gasteiger charge is 2.29. The van der Waals surface area contributed by atoms with Gasteiger partial charge in [-0.15, -0.1) is 0 Å². The summed E-state index contributed by atoms with van der Waals surface area (Å²) in [6.07, 6.45) is 2.34. The number of hydrogen-bond donors (Lipinski definition) is 1. The smallest absolute Gasteiger partial charge is 0.159 e. The summed E-state index contributed by atoms with van der Waals surface area (Å²) in [5, 5.41) is 3.44. The van der Waals surface area contributed by atoms with Crippen LogP contribution in [-0.4, -0.2) is 17.6 Å². The molecule has 2 aromatic rings. The summed E-state index contributed by atoms with van der Waals surface area (Å²) < 4.78 is 32.2. The van der Waals surface area contributed by atoms with Crippen LogP contribution in [0.1, 0.15) is 29.3 Å². The van der Waals surface area contributed by atoms with Crippen LogP contribution in [0.25, 0.3) is 0 Å². The molecule has 2 atom stereocenters. The molecule has 2 heterocycles. The van der Waals surface area contributed by atoms with E-state index in [1.165, 1.54) is 6.07 Å². The molecule has 0 bridgehead atoms. The van der Waals surface area contributed by atoms with Gasteiger partial charge in [0, 0.05) is 31.1 Å². The predicted molar refractivity (Wildman–Crippen MR) is 79.3 cm³/mol. The molecule has 22 heavy (non-hydrogen) atoms. The lowest BCUT2D eigenvalue weighted by Crippen LogP contribution is -2.31. The number of rotatable bonds is 4. The molecule has 0 saturated carbocycles. The Morgan fingerprint density at radius 1 is 1.27 bits per heavy atom. The van der Waals surface area contributed by atoms with Crippen LogP contribution in [0.4, 0.5) is 8.78 Å². The highest BCUT2D eigenvalue weighted by molar-refractivity contribution is 5.23. The topological polar surface area (TPSA) is 34.2 Å². The molecule has 0 amide bonds. The van der Waals surface area contributed by atoms with E-state index in [1.807, 2.05) is 19.1 Å². The fourth-order valence-electron chi connectivity index (χ4n) is 2.76. The number of hydrogen-bond acceptors (Lipinski definition) is 3. The maximum absolute atomic E-state index is 13.4. The fourth-order valence-corrected chi connectivity index (χ4v) is 2.76. The summed E-state index contributed by atoms with van der Waals surface area (Å²) in [7, 11) is 0. The highest BCUT2D eigenvalue weighted by atomic mass is 19.2. The molecular formula is C17H18F2N2O. The Morgan fingerprint density at radius 2 is 2.14 bits per heavy atom. The Morgan fingerprint density at radius 3 is 2.91 bits per heavy atom. The fraction of sp³-hybridized carbons (Fsp3) is 0.353. The van der Waals surface area contributed by atoms with Crippen molar-refractivity contribution in [2.24, 2.45) is 0 Å². The van der Waals surface area contributed by atoms with Gasteiger partial charge in [0.25, 0.3) is 0 Å². The quantitative estimate of drug-likeness (QED) is 0.941. The normalized spacial score (nSPS) is 21.2. The second-order valence-corrected chi connectivity index (χ2v) is 5.49. The Labute approximate surface area is 128 Å². The minimum atomic E-state index is -0.838. The maximum Gasteiger partial charge on any atom is 0.159 e. The van der Waals surface area contributed by atoms with E-state index in [0.29, 0.717) is 18.7 Å². The van der Waals surface area contributed by atoms with Crippen LogP contribution >= 0.6 is 0 Å². The number of ether oxygens (including phenoxy) is 1. The first-order chi connectivity index (χ1) is 10.6. The number of halogens is 2. The second kappa shape index (κ2) is 6.50. The zero-order chi connectivity index (χ0) is 15.5. The molecule has 3 nitrogen and oxygen atoms in total. The van der Waals surface area contributed by atoms with Crippen LogP contribution in [0.15, 0.2) is 36.5 Å². The molecule has 1 aliphatic rings. The van der Waals surface area contributed by atoms with Crippen LogP contribution in [0, 0.1) is 18.6 Å². The van der Waals surface area contributed by atoms with Gasteiger partial charge in [0.15, 0.2) is 11.6 Å². The number of aromatic nitrogens is 1. The van der Waals surface area contributed by atoms with Gasteiger partial charge >= 0.3 is 0 Å². The van der Waals surface area contributed by atoms with Crippen molar-refractivity contribution in [3.8, 4) is 0 Å². The number of nitrogens with zero attached hydrogens (tertiary/aromatic N) is 1. The zero-order valence-electron chi connectivity index (χ0n) is 12.4. The zero-order valence-corrected chi connectivity index (χ0v) is 12.4. The van der Waals surface area contributed by atoms with E-state index in [0.717, 1.165) is 23.7 Å². The first kappa shape index (κ1) is 15.1. The SMILES string of the molecule is Cc1ncccc1CN[C@H]1CCO[C@@H]1c1ccc(F)c(F)c1. The van der Waals surface area contributed by atoms with Gasteiger partial charge in [-0.05, 0) is 42.7 Å². The number of benzene rings is 1. The van der Waals surface area contributed by atoms with Crippen molar-refractivity contribution in [3.05, 3.63) is 65.0 Å². The molecule has 1 fully saturated rings. The van der Waals surface area contributed by atoms with Crippen LogP contribution in [0.5, 0.6) is 0 Å². The second-order valence-electron chi connectivity index (χ2n) is 5.49. The van der Waals surface area contributed by atoms with Crippen molar-refractivity contribution in [1.29, 1.82) is 0 Å². The number of pyridine rings is 1. The molecule has 0 radical (unpaired) electrons. The van der Waals surface area contributed by atoms with Gasteiger partial charge in [0.2, 0.25) is 0 Å². The summed E-state index contributed by atoms with van der Waals surface area (Å²) in [4.78, 5) is 4.26. The minimum Gasteiger partial charge on any atom is -0.372 e. The maximum atomic E-state index is 13.4. The number of aryl methyl sites for hydroxylation is 1. The average Bonchev–Trinajstić information content (AvgIpc) is 2.98. The van der Waals surface area contributed by atoms with E-state index >= 15 is 0 Å². The van der Waals surface area contributed by atoms with E-state index in [4.69, 9.17) is 4.74 Å². The van der Waals surface area contributed by atoms with Crippen molar-refractivity contribution in [2.45, 2.75) is 32.0 Å². The highest BCUT2D eigenvalue weighted by Crippen LogP contribution is 2.30. The lowest BCUT2D eigenvalue weighted by molar-refractivity contribution is 0.0981. The van der Waals surface area contributed by atoms with Gasteiger partial charge in [0.1, 0.15) is 0 Å². The molecular weight excluding hydrogens is 286 g/mol. The molecule has 116 valence electrons. The van der Waals surface area contributed by atoms with Crippen LogP contribution in [0.2, 0.25) is 0 Å². The molecule has 1 N–H and O–H groups in total. The van der Waals surface area contributed by atoms with E-state index in [1.54, 1.807) is 12.3 Å². The van der Waals surface area contributed by atoms with Gasteiger partial charge in [-0.3, -0.25) is 4.98 Å². The largest absolute Gasteiger partial charge is 0.372 e. The molecule has 0 aliphatic carbocycles. The van der Waals surface area contributed by atoms with Crippen LogP contribution < -0.4 is 5.32 Å². The van der Waals surface area contributed by atoms with Crippen LogP contribution in [0.3, 0.4) is 0 Å². The summed E-state index contributed by atoms with van der Waals surface area (Å²) in [6.45, 7) is 3.25. The van der Waals surface area contributed by atoms with Crippen molar-refractivity contribution in [3.63, 3.8) is 0 Å². The lowest BCUT2D eigenvalue weighted by atomic mass is 10.0. The van der Waals surface area contributed by atoms with Gasteiger partial charge in [-0.25, -0.2) is 8.78 Å². The third-order valence-corrected chi connectivity index (χ3v) is 4.03. The molecule has 0 unspecified atom stereocenters. The van der Waals surface area contributed by atoms with E-state index < -0.39 is 11.6 Å². The lowest BCUT2D eigenvalue weighted by Gasteiger charge is -2.21. The Balaban J connectivity index is 1.70. The molecule has 5 heteroatoms. The first-order valence-electron chi connectivity index (χ1n) is 7.35. The van der Waals surface area contributed by atoms with Crippen molar-refractivity contribution >= 4 is 0 Å². The van der Waals surface area contributed by atoms with Crippen molar-refractivity contribution in [1.82, 2.24) is 10.3 Å². The van der Waals surface area contributed by atoms with E-state index in [2.05, 4.69) is 10.3 Å². The van der Waals surface area contributed by atoms with E-state index in [9.17, 15) is 8.78 Å². The third-order valence-electron chi connectivity index (χ3n) is 4.03. The first-order valence-corrected chi connectivity index (χ1v) is 7.35. The molecule has 3 rings (SSSR count). The Kier molecular flexibility index (Phi) is 4.45. The Bertz CT molecular complexity index is 663. The van der Waals surface area contributed by atoms with Gasteiger partial charge in [-0.1, -0.05) is 12.1 Å². The molecule has 1 aliphatic heterocycles. The average molecular weight is 304 g/mol. The minimum absolute atomic E-state index is 0.0736. The molecule has 1 aromatic heterocycles. The molecule has 1 aromatic carbocycles. The summed E-state index contributed by atoms with van der Waals surface area (Å²) in [5.74, 6) is -1.67. The van der Waals surface area contributed by atoms with E-state index in [-0.39, 0.29) is 12.1 Å². The molecule has 1 saturated heterocycles. The summed E-state index contributed by atoms with van der Waals surface area (Å²) in [5.41, 5.74) is 2.77. The number of nitrogens with one attached hydrogen (secondary N) is 1. The van der Waals surface area contributed by atoms with Gasteiger partial charge in [0.05, 0.1) is 6.10 Å². The predicted octanol–water partition coefficient (Wildman–Crippen LogP) is 3.29. The van der Waals surface area contributed by atoms with Gasteiger partial charge < -0.3 is 10.1 Å². The van der Waals surface area contributed by atoms with Gasteiger partial charge in [-0.2, -0.15) is 0 Å². The Hall–Kier alpha value is -1.85. The third kappa shape index (κ3) is 3.15. The molecule has 0 spiro atoms. The monoisotopic (exact) mass is 304 g/mol. The summed E-state index contributed by atoms with van der Waals surface area (Å²) in [6, 6.07) is 7.95. The standard InChI is InChI=1S/C17H18F2N2O/c1-11-13(3-2-7-20-11)10-21-16-6-8-22-17(16)12-4-5-14(18)15(19)9-12/h2-5,7,9,16-17,21H,6,8,10H2,1H3/t16-,17+/m0/s1. The van der Waals surface area contributed by atoms with Crippen LogP contribution in [-0.2, 0) is 11.3 Å². The van der Waals surface area contributed by atoms with Crippen molar-refractivity contribution < 1.29 is 13.5 Å².